The molecule has 0 spiro atoms. The van der Waals surface area contributed by atoms with Crippen LogP contribution in [0.1, 0.15) is 11.3 Å². The van der Waals surface area contributed by atoms with Crippen molar-refractivity contribution in [3.8, 4) is 0 Å². The molecule has 1 aromatic rings. The van der Waals surface area contributed by atoms with E-state index in [-0.39, 0.29) is 5.92 Å². The molecule has 1 atom stereocenters. The van der Waals surface area contributed by atoms with Gasteiger partial charge in [0.25, 0.3) is 0 Å². The maximum absolute atomic E-state index is 11.4. The van der Waals surface area contributed by atoms with Crippen LogP contribution >= 0.6 is 11.3 Å². The smallest absolute Gasteiger partial charge is 0.211 e. The highest BCUT2D eigenvalue weighted by Gasteiger charge is 2.28. The third-order valence-corrected chi connectivity index (χ3v) is 5.70. The lowest BCUT2D eigenvalue weighted by Gasteiger charge is -2.12. The van der Waals surface area contributed by atoms with Gasteiger partial charge >= 0.3 is 0 Å². The number of aliphatic imine (C=N–C) groups is 1. The molecule has 1 fully saturated rings. The van der Waals surface area contributed by atoms with E-state index in [9.17, 15) is 8.42 Å². The van der Waals surface area contributed by atoms with Gasteiger partial charge in [-0.05, 0) is 30.2 Å². The van der Waals surface area contributed by atoms with E-state index in [4.69, 9.17) is 5.73 Å². The lowest BCUT2D eigenvalue weighted by molar-refractivity contribution is 0.464. The third kappa shape index (κ3) is 5.29. The first-order valence-electron chi connectivity index (χ1n) is 6.96. The molecule has 8 heteroatoms. The van der Waals surface area contributed by atoms with Crippen LogP contribution in [-0.4, -0.2) is 51.1 Å². The number of nitrogens with zero attached hydrogens (tertiary/aromatic N) is 2. The lowest BCUT2D eigenvalue weighted by atomic mass is 10.1. The molecule has 0 radical (unpaired) electrons. The van der Waals surface area contributed by atoms with Gasteiger partial charge in [-0.3, -0.25) is 4.99 Å². The number of rotatable bonds is 6. The highest BCUT2D eigenvalue weighted by Crippen LogP contribution is 2.18. The first-order valence-corrected chi connectivity index (χ1v) is 9.69. The topological polar surface area (TPSA) is 87.8 Å². The molecule has 0 aliphatic carbocycles. The number of hydrogen-bond acceptors (Lipinski definition) is 4. The Morgan fingerprint density at radius 3 is 3.05 bits per heavy atom. The van der Waals surface area contributed by atoms with Crippen LogP contribution in [0.5, 0.6) is 0 Å². The molecule has 1 saturated heterocycles. The Balaban J connectivity index is 1.69. The van der Waals surface area contributed by atoms with Crippen LogP contribution < -0.4 is 11.1 Å². The van der Waals surface area contributed by atoms with Gasteiger partial charge in [0.15, 0.2) is 5.96 Å². The zero-order valence-corrected chi connectivity index (χ0v) is 13.8. The summed E-state index contributed by atoms with van der Waals surface area (Å²) < 4.78 is 24.4. The molecule has 0 saturated carbocycles. The van der Waals surface area contributed by atoms with Crippen LogP contribution in [0.4, 0.5) is 0 Å². The van der Waals surface area contributed by atoms with E-state index in [2.05, 4.69) is 21.8 Å². The van der Waals surface area contributed by atoms with Crippen molar-refractivity contribution in [1.82, 2.24) is 9.62 Å². The van der Waals surface area contributed by atoms with E-state index in [1.165, 1.54) is 15.4 Å². The monoisotopic (exact) mass is 330 g/mol. The molecule has 0 bridgehead atoms. The molecule has 1 unspecified atom stereocenters. The van der Waals surface area contributed by atoms with E-state index in [1.54, 1.807) is 11.3 Å². The van der Waals surface area contributed by atoms with E-state index < -0.39 is 10.0 Å². The van der Waals surface area contributed by atoms with Gasteiger partial charge in [0.1, 0.15) is 0 Å². The zero-order chi connectivity index (χ0) is 15.3. The highest BCUT2D eigenvalue weighted by atomic mass is 32.2. The van der Waals surface area contributed by atoms with Gasteiger partial charge in [0, 0.05) is 31.1 Å². The first kappa shape index (κ1) is 16.3. The van der Waals surface area contributed by atoms with E-state index in [1.807, 2.05) is 6.07 Å². The summed E-state index contributed by atoms with van der Waals surface area (Å²) in [5, 5.41) is 5.14. The van der Waals surface area contributed by atoms with Crippen molar-refractivity contribution in [2.24, 2.45) is 16.6 Å². The summed E-state index contributed by atoms with van der Waals surface area (Å²) in [6, 6.07) is 4.13. The molecular weight excluding hydrogens is 308 g/mol. The van der Waals surface area contributed by atoms with Crippen molar-refractivity contribution in [3.63, 3.8) is 0 Å². The van der Waals surface area contributed by atoms with Gasteiger partial charge in [-0.2, -0.15) is 0 Å². The van der Waals surface area contributed by atoms with Crippen molar-refractivity contribution in [3.05, 3.63) is 22.4 Å². The largest absolute Gasteiger partial charge is 0.370 e. The summed E-state index contributed by atoms with van der Waals surface area (Å²) in [4.78, 5) is 5.62. The van der Waals surface area contributed by atoms with Crippen molar-refractivity contribution in [2.45, 2.75) is 12.8 Å². The zero-order valence-electron chi connectivity index (χ0n) is 12.2. The lowest BCUT2D eigenvalue weighted by Crippen LogP contribution is -2.34. The second-order valence-electron chi connectivity index (χ2n) is 5.26. The van der Waals surface area contributed by atoms with Crippen LogP contribution in [-0.2, 0) is 16.4 Å². The van der Waals surface area contributed by atoms with Crippen molar-refractivity contribution in [2.75, 3.05) is 32.4 Å². The Kier molecular flexibility index (Phi) is 5.60. The van der Waals surface area contributed by atoms with Gasteiger partial charge in [0.05, 0.1) is 6.26 Å². The summed E-state index contributed by atoms with van der Waals surface area (Å²) in [5.41, 5.74) is 5.82. The normalized spacial score (nSPS) is 20.8. The fourth-order valence-electron chi connectivity index (χ4n) is 2.30. The van der Waals surface area contributed by atoms with Crippen LogP contribution in [0.25, 0.3) is 0 Å². The Morgan fingerprint density at radius 1 is 1.62 bits per heavy atom. The minimum atomic E-state index is -3.07. The molecule has 1 aliphatic heterocycles. The molecule has 2 rings (SSSR count). The minimum Gasteiger partial charge on any atom is -0.370 e. The maximum Gasteiger partial charge on any atom is 0.211 e. The quantitative estimate of drug-likeness (QED) is 0.586. The first-order chi connectivity index (χ1) is 9.95. The summed E-state index contributed by atoms with van der Waals surface area (Å²) in [6.07, 6.45) is 3.03. The fraction of sp³-hybridized carbons (Fsp3) is 0.615. The molecule has 1 aliphatic rings. The van der Waals surface area contributed by atoms with E-state index in [0.29, 0.717) is 25.6 Å². The SMILES string of the molecule is CS(=O)(=O)N1CCC(CN=C(N)NCCc2cccs2)C1. The molecule has 3 N–H and O–H groups in total. The number of nitrogens with two attached hydrogens (primary N) is 1. The van der Waals surface area contributed by atoms with Gasteiger partial charge in [-0.15, -0.1) is 11.3 Å². The number of sulfonamides is 1. The Hall–Kier alpha value is -1.12. The summed E-state index contributed by atoms with van der Waals surface area (Å²) in [7, 11) is -3.07. The standard InChI is InChI=1S/C13H22N4O2S2/c1-21(18,19)17-7-5-11(10-17)9-16-13(14)15-6-4-12-3-2-8-20-12/h2-3,8,11H,4-7,9-10H2,1H3,(H3,14,15,16). The Morgan fingerprint density at radius 2 is 2.43 bits per heavy atom. The number of nitrogens with one attached hydrogen (secondary N) is 1. The van der Waals surface area contributed by atoms with E-state index in [0.717, 1.165) is 19.4 Å². The summed E-state index contributed by atoms with van der Waals surface area (Å²) >= 11 is 1.73. The maximum atomic E-state index is 11.4. The molecule has 2 heterocycles. The van der Waals surface area contributed by atoms with Gasteiger partial charge in [-0.25, -0.2) is 12.7 Å². The summed E-state index contributed by atoms with van der Waals surface area (Å²) in [5.74, 6) is 0.696. The second-order valence-corrected chi connectivity index (χ2v) is 8.27. The van der Waals surface area contributed by atoms with Crippen LogP contribution in [0.15, 0.2) is 22.5 Å². The van der Waals surface area contributed by atoms with E-state index >= 15 is 0 Å². The highest BCUT2D eigenvalue weighted by molar-refractivity contribution is 7.88. The third-order valence-electron chi connectivity index (χ3n) is 3.50. The second kappa shape index (κ2) is 7.24. The Bertz CT molecular complexity index is 569. The molecule has 118 valence electrons. The molecule has 6 nitrogen and oxygen atoms in total. The number of hydrogen-bond donors (Lipinski definition) is 2. The Labute approximate surface area is 130 Å². The summed E-state index contributed by atoms with van der Waals surface area (Å²) in [6.45, 7) is 2.47. The molecule has 1 aromatic heterocycles. The number of guanidine groups is 1. The minimum absolute atomic E-state index is 0.261. The predicted octanol–water partition coefficient (Wildman–Crippen LogP) is 0.476. The van der Waals surface area contributed by atoms with Crippen molar-refractivity contribution in [1.29, 1.82) is 0 Å². The molecule has 21 heavy (non-hydrogen) atoms. The van der Waals surface area contributed by atoms with Gasteiger partial charge in [-0.1, -0.05) is 6.07 Å². The van der Waals surface area contributed by atoms with Gasteiger partial charge in [0.2, 0.25) is 10.0 Å². The fourth-order valence-corrected chi connectivity index (χ4v) is 3.93. The van der Waals surface area contributed by atoms with Crippen LogP contribution in [0.2, 0.25) is 0 Å². The van der Waals surface area contributed by atoms with Crippen molar-refractivity contribution < 1.29 is 8.42 Å². The molecule has 0 aromatic carbocycles. The van der Waals surface area contributed by atoms with Crippen molar-refractivity contribution >= 4 is 27.3 Å². The predicted molar refractivity (Wildman–Crippen MR) is 87.0 cm³/mol. The number of thiophene rings is 1. The average molecular weight is 330 g/mol. The van der Waals surface area contributed by atoms with Crippen LogP contribution in [0, 0.1) is 5.92 Å². The average Bonchev–Trinajstić information content (AvgIpc) is 3.06. The van der Waals surface area contributed by atoms with Crippen LogP contribution in [0.3, 0.4) is 0 Å². The molecule has 0 amide bonds. The molecular formula is C13H22N4O2S2. The van der Waals surface area contributed by atoms with Gasteiger partial charge < -0.3 is 11.1 Å².